The molecule has 0 bridgehead atoms. The van der Waals surface area contributed by atoms with Gasteiger partial charge in [0.15, 0.2) is 0 Å². The van der Waals surface area contributed by atoms with E-state index >= 15 is 0 Å². The monoisotopic (exact) mass is 355 g/mol. The van der Waals surface area contributed by atoms with E-state index < -0.39 is 0 Å². The van der Waals surface area contributed by atoms with Crippen molar-refractivity contribution in [3.63, 3.8) is 0 Å². The standard InChI is InChI=1S/C23H22BNO2/c1-22(2)23(3,4)27-24(26-22)19-10-7-9-17-16(19)13-12-15-14-25-20-11-6-5-8-18(20)21(15)17/h5-14H,1-4H3. The molecule has 1 aromatic heterocycles. The van der Waals surface area contributed by atoms with Crippen LogP contribution in [0.3, 0.4) is 0 Å². The number of aromatic nitrogens is 1. The van der Waals surface area contributed by atoms with Gasteiger partial charge in [0.05, 0.1) is 16.7 Å². The Morgan fingerprint density at radius 3 is 2.22 bits per heavy atom. The fourth-order valence-corrected chi connectivity index (χ4v) is 3.92. The summed E-state index contributed by atoms with van der Waals surface area (Å²) in [6.45, 7) is 8.36. The summed E-state index contributed by atoms with van der Waals surface area (Å²) in [6, 6.07) is 19.0. The van der Waals surface area contributed by atoms with Crippen LogP contribution in [-0.4, -0.2) is 23.3 Å². The van der Waals surface area contributed by atoms with Crippen molar-refractivity contribution in [1.29, 1.82) is 0 Å². The fourth-order valence-electron chi connectivity index (χ4n) is 3.92. The summed E-state index contributed by atoms with van der Waals surface area (Å²) < 4.78 is 12.6. The van der Waals surface area contributed by atoms with Crippen LogP contribution in [0.15, 0.2) is 60.8 Å². The van der Waals surface area contributed by atoms with E-state index in [2.05, 4.69) is 81.2 Å². The van der Waals surface area contributed by atoms with Gasteiger partial charge in [-0.1, -0.05) is 48.5 Å². The first-order chi connectivity index (χ1) is 12.9. The SMILES string of the molecule is CC1(C)OB(c2cccc3c2ccc2cnc4ccccc4c23)OC1(C)C. The second-order valence-electron chi connectivity index (χ2n) is 8.34. The summed E-state index contributed by atoms with van der Waals surface area (Å²) in [4.78, 5) is 4.60. The van der Waals surface area contributed by atoms with E-state index in [1.54, 1.807) is 0 Å². The van der Waals surface area contributed by atoms with E-state index in [-0.39, 0.29) is 18.3 Å². The van der Waals surface area contributed by atoms with Gasteiger partial charge in [-0.2, -0.15) is 0 Å². The van der Waals surface area contributed by atoms with Gasteiger partial charge in [-0.15, -0.1) is 0 Å². The van der Waals surface area contributed by atoms with E-state index in [4.69, 9.17) is 9.31 Å². The minimum absolute atomic E-state index is 0.354. The number of hydrogen-bond acceptors (Lipinski definition) is 3. The summed E-state index contributed by atoms with van der Waals surface area (Å²) in [7, 11) is -0.371. The summed E-state index contributed by atoms with van der Waals surface area (Å²) in [5.41, 5.74) is 1.38. The highest BCUT2D eigenvalue weighted by Gasteiger charge is 2.52. The first-order valence-corrected chi connectivity index (χ1v) is 9.42. The highest BCUT2D eigenvalue weighted by Crippen LogP contribution is 2.38. The molecule has 134 valence electrons. The Balaban J connectivity index is 1.79. The zero-order valence-electron chi connectivity index (χ0n) is 16.1. The first-order valence-electron chi connectivity index (χ1n) is 9.42. The molecule has 0 saturated carbocycles. The van der Waals surface area contributed by atoms with Crippen molar-refractivity contribution >= 4 is 45.0 Å². The molecule has 4 heteroatoms. The van der Waals surface area contributed by atoms with Crippen molar-refractivity contribution in [2.75, 3.05) is 0 Å². The number of hydrogen-bond donors (Lipinski definition) is 0. The lowest BCUT2D eigenvalue weighted by molar-refractivity contribution is 0.00578. The van der Waals surface area contributed by atoms with Gasteiger partial charge in [0.25, 0.3) is 0 Å². The summed E-state index contributed by atoms with van der Waals surface area (Å²) in [5, 5.41) is 5.92. The maximum absolute atomic E-state index is 6.32. The van der Waals surface area contributed by atoms with Gasteiger partial charge in [0.1, 0.15) is 0 Å². The molecule has 0 unspecified atom stereocenters. The molecule has 0 amide bonds. The van der Waals surface area contributed by atoms with Gasteiger partial charge in [-0.05, 0) is 50.0 Å². The minimum Gasteiger partial charge on any atom is -0.399 e. The van der Waals surface area contributed by atoms with Crippen LogP contribution in [0.4, 0.5) is 0 Å². The van der Waals surface area contributed by atoms with E-state index in [1.807, 2.05) is 12.3 Å². The quantitative estimate of drug-likeness (QED) is 0.362. The third kappa shape index (κ3) is 2.40. The van der Waals surface area contributed by atoms with Crippen LogP contribution in [0, 0.1) is 0 Å². The molecule has 0 radical (unpaired) electrons. The van der Waals surface area contributed by atoms with Crippen LogP contribution in [0.2, 0.25) is 0 Å². The molecule has 1 fully saturated rings. The second-order valence-corrected chi connectivity index (χ2v) is 8.34. The van der Waals surface area contributed by atoms with E-state index in [1.165, 1.54) is 21.5 Å². The molecule has 0 aliphatic carbocycles. The number of benzene rings is 3. The van der Waals surface area contributed by atoms with Crippen molar-refractivity contribution in [3.05, 3.63) is 60.8 Å². The normalized spacial score (nSPS) is 18.6. The maximum atomic E-state index is 6.32. The average Bonchev–Trinajstić information content (AvgIpc) is 2.87. The zero-order chi connectivity index (χ0) is 18.8. The topological polar surface area (TPSA) is 31.4 Å². The smallest absolute Gasteiger partial charge is 0.399 e. The van der Waals surface area contributed by atoms with Gasteiger partial charge in [0.2, 0.25) is 0 Å². The summed E-state index contributed by atoms with van der Waals surface area (Å²) in [6.07, 6.45) is 1.96. The third-order valence-electron chi connectivity index (χ3n) is 6.15. The fraction of sp³-hybridized carbons (Fsp3) is 0.261. The van der Waals surface area contributed by atoms with Crippen LogP contribution < -0.4 is 5.46 Å². The van der Waals surface area contributed by atoms with Crippen LogP contribution in [0.1, 0.15) is 27.7 Å². The minimum atomic E-state index is -0.371. The molecule has 1 aliphatic heterocycles. The van der Waals surface area contributed by atoms with Crippen LogP contribution >= 0.6 is 0 Å². The summed E-state index contributed by atoms with van der Waals surface area (Å²) in [5.74, 6) is 0. The van der Waals surface area contributed by atoms with Crippen molar-refractivity contribution < 1.29 is 9.31 Å². The first kappa shape index (κ1) is 16.7. The Morgan fingerprint density at radius 1 is 0.741 bits per heavy atom. The predicted molar refractivity (Wildman–Crippen MR) is 112 cm³/mol. The highest BCUT2D eigenvalue weighted by molar-refractivity contribution is 6.65. The number of rotatable bonds is 1. The van der Waals surface area contributed by atoms with Gasteiger partial charge < -0.3 is 9.31 Å². The van der Waals surface area contributed by atoms with Gasteiger partial charge >= 0.3 is 7.12 Å². The molecule has 2 heterocycles. The molecule has 27 heavy (non-hydrogen) atoms. The predicted octanol–water partition coefficient (Wildman–Crippen LogP) is 4.84. The van der Waals surface area contributed by atoms with Crippen molar-refractivity contribution in [3.8, 4) is 0 Å². The molecule has 0 spiro atoms. The van der Waals surface area contributed by atoms with Gasteiger partial charge in [-0.3, -0.25) is 4.98 Å². The van der Waals surface area contributed by atoms with Crippen molar-refractivity contribution in [2.24, 2.45) is 0 Å². The number of fused-ring (bicyclic) bond motifs is 5. The van der Waals surface area contributed by atoms with Crippen LogP contribution in [0.25, 0.3) is 32.4 Å². The zero-order valence-corrected chi connectivity index (χ0v) is 16.1. The Morgan fingerprint density at radius 2 is 1.44 bits per heavy atom. The summed E-state index contributed by atoms with van der Waals surface area (Å²) >= 11 is 0. The average molecular weight is 355 g/mol. The molecule has 4 aromatic rings. The van der Waals surface area contributed by atoms with Gasteiger partial charge in [-0.25, -0.2) is 0 Å². The van der Waals surface area contributed by atoms with Crippen molar-refractivity contribution in [1.82, 2.24) is 4.98 Å². The lowest BCUT2D eigenvalue weighted by Crippen LogP contribution is -2.41. The lowest BCUT2D eigenvalue weighted by Gasteiger charge is -2.32. The molecule has 1 aliphatic rings. The molecule has 3 aromatic carbocycles. The molecular weight excluding hydrogens is 333 g/mol. The Labute approximate surface area is 159 Å². The Bertz CT molecular complexity index is 1180. The van der Waals surface area contributed by atoms with E-state index in [0.717, 1.165) is 16.4 Å². The number of pyridine rings is 1. The van der Waals surface area contributed by atoms with E-state index in [9.17, 15) is 0 Å². The van der Waals surface area contributed by atoms with Gasteiger partial charge in [0, 0.05) is 22.4 Å². The second kappa shape index (κ2) is 5.54. The maximum Gasteiger partial charge on any atom is 0.495 e. The Hall–Kier alpha value is -2.43. The van der Waals surface area contributed by atoms with Crippen LogP contribution in [-0.2, 0) is 9.31 Å². The number of nitrogens with zero attached hydrogens (tertiary/aromatic N) is 1. The molecule has 5 rings (SSSR count). The van der Waals surface area contributed by atoms with Crippen molar-refractivity contribution in [2.45, 2.75) is 38.9 Å². The largest absolute Gasteiger partial charge is 0.495 e. The molecule has 1 saturated heterocycles. The molecule has 0 atom stereocenters. The third-order valence-corrected chi connectivity index (χ3v) is 6.15. The Kier molecular flexibility index (Phi) is 3.43. The highest BCUT2D eigenvalue weighted by atomic mass is 16.7. The number of para-hydroxylation sites is 1. The molecular formula is C23H22BNO2. The molecule has 0 N–H and O–H groups in total. The molecule has 3 nitrogen and oxygen atoms in total. The van der Waals surface area contributed by atoms with Crippen LogP contribution in [0.5, 0.6) is 0 Å². The lowest BCUT2D eigenvalue weighted by atomic mass is 9.75. The van der Waals surface area contributed by atoms with E-state index in [0.29, 0.717) is 0 Å².